The molecule has 2 nitrogen and oxygen atoms in total. The van der Waals surface area contributed by atoms with Crippen molar-refractivity contribution in [3.8, 4) is 6.07 Å². The van der Waals surface area contributed by atoms with Crippen molar-refractivity contribution in [2.45, 2.75) is 64.8 Å². The van der Waals surface area contributed by atoms with Crippen LogP contribution in [-0.2, 0) is 4.43 Å². The Balaban J connectivity index is 4.42. The molecule has 0 N–H and O–H groups in total. The molecule has 0 rings (SSSR count). The van der Waals surface area contributed by atoms with Crippen LogP contribution in [0.3, 0.4) is 0 Å². The van der Waals surface area contributed by atoms with Crippen LogP contribution in [0.4, 0.5) is 0 Å². The van der Waals surface area contributed by atoms with Crippen LogP contribution in [0.2, 0.25) is 18.1 Å². The first kappa shape index (κ1) is 13.7. The summed E-state index contributed by atoms with van der Waals surface area (Å²) in [5.41, 5.74) is 0. The molecular weight excluding hydrogens is 190 g/mol. The van der Waals surface area contributed by atoms with Gasteiger partial charge in [0.1, 0.15) is 6.10 Å². The Bertz CT molecular complexity index is 212. The SMILES string of the molecule is CCCC(C#N)O[Si](C)(C)C(C)(C)C. The fourth-order valence-corrected chi connectivity index (χ4v) is 2.18. The lowest BCUT2D eigenvalue weighted by molar-refractivity contribution is 0.220. The highest BCUT2D eigenvalue weighted by Crippen LogP contribution is 2.37. The van der Waals surface area contributed by atoms with Gasteiger partial charge in [-0.15, -0.1) is 0 Å². The molecule has 0 aliphatic carbocycles. The van der Waals surface area contributed by atoms with Crippen molar-refractivity contribution in [3.05, 3.63) is 0 Å². The smallest absolute Gasteiger partial charge is 0.193 e. The van der Waals surface area contributed by atoms with E-state index in [1.807, 2.05) is 0 Å². The summed E-state index contributed by atoms with van der Waals surface area (Å²) in [7, 11) is -1.75. The minimum Gasteiger partial charge on any atom is -0.401 e. The second-order valence-corrected chi connectivity index (χ2v) is 10.0. The van der Waals surface area contributed by atoms with Gasteiger partial charge in [0.05, 0.1) is 6.07 Å². The summed E-state index contributed by atoms with van der Waals surface area (Å²) in [5, 5.41) is 9.12. The second kappa shape index (κ2) is 4.95. The van der Waals surface area contributed by atoms with Crippen molar-refractivity contribution in [1.29, 1.82) is 5.26 Å². The molecule has 0 aliphatic rings. The first-order valence-electron chi connectivity index (χ1n) is 5.32. The minimum absolute atomic E-state index is 0.190. The standard InChI is InChI=1S/C11H23NOSi/c1-7-8-10(9-12)13-14(5,6)11(2,3)4/h10H,7-8H2,1-6H3. The maximum atomic E-state index is 8.93. The third-order valence-corrected chi connectivity index (χ3v) is 7.42. The van der Waals surface area contributed by atoms with Gasteiger partial charge in [-0.05, 0) is 24.6 Å². The Kier molecular flexibility index (Phi) is 4.83. The number of nitrogens with zero attached hydrogens (tertiary/aromatic N) is 1. The summed E-state index contributed by atoms with van der Waals surface area (Å²) < 4.78 is 5.97. The molecule has 0 saturated carbocycles. The molecule has 0 radical (unpaired) electrons. The molecule has 0 aromatic carbocycles. The third-order valence-electron chi connectivity index (χ3n) is 2.94. The summed E-state index contributed by atoms with van der Waals surface area (Å²) in [6.07, 6.45) is 1.65. The molecule has 0 amide bonds. The van der Waals surface area contributed by atoms with Gasteiger partial charge < -0.3 is 4.43 Å². The Hall–Kier alpha value is -0.333. The molecule has 14 heavy (non-hydrogen) atoms. The quantitative estimate of drug-likeness (QED) is 0.667. The fraction of sp³-hybridized carbons (Fsp3) is 0.909. The van der Waals surface area contributed by atoms with Crippen molar-refractivity contribution in [3.63, 3.8) is 0 Å². The predicted octanol–water partition coefficient (Wildman–Crippen LogP) is 3.70. The summed E-state index contributed by atoms with van der Waals surface area (Å²) >= 11 is 0. The van der Waals surface area contributed by atoms with Crippen LogP contribution in [0.5, 0.6) is 0 Å². The normalized spacial score (nSPS) is 14.9. The molecule has 82 valence electrons. The molecule has 3 heteroatoms. The average Bonchev–Trinajstić information content (AvgIpc) is 2.01. The Morgan fingerprint density at radius 3 is 2.14 bits per heavy atom. The third kappa shape index (κ3) is 3.81. The lowest BCUT2D eigenvalue weighted by Crippen LogP contribution is -2.43. The van der Waals surface area contributed by atoms with E-state index < -0.39 is 8.32 Å². The number of hydrogen-bond donors (Lipinski definition) is 0. The molecular formula is C11H23NOSi. The van der Waals surface area contributed by atoms with Gasteiger partial charge in [0.15, 0.2) is 8.32 Å². The van der Waals surface area contributed by atoms with E-state index in [1.165, 1.54) is 0 Å². The zero-order valence-electron chi connectivity index (χ0n) is 10.3. The Morgan fingerprint density at radius 2 is 1.86 bits per heavy atom. The molecule has 0 aliphatic heterocycles. The molecule has 0 aromatic heterocycles. The van der Waals surface area contributed by atoms with Crippen molar-refractivity contribution in [1.82, 2.24) is 0 Å². The van der Waals surface area contributed by atoms with E-state index in [-0.39, 0.29) is 11.1 Å². The molecule has 1 atom stereocenters. The minimum atomic E-state index is -1.75. The van der Waals surface area contributed by atoms with Gasteiger partial charge in [-0.25, -0.2) is 0 Å². The molecule has 0 fully saturated rings. The van der Waals surface area contributed by atoms with Gasteiger partial charge in [0.25, 0.3) is 0 Å². The van der Waals surface area contributed by atoms with Crippen LogP contribution in [0.25, 0.3) is 0 Å². The van der Waals surface area contributed by atoms with E-state index in [0.29, 0.717) is 0 Å². The van der Waals surface area contributed by atoms with E-state index in [0.717, 1.165) is 12.8 Å². The fourth-order valence-electron chi connectivity index (χ4n) is 0.944. The monoisotopic (exact) mass is 213 g/mol. The number of nitriles is 1. The Morgan fingerprint density at radius 1 is 1.36 bits per heavy atom. The van der Waals surface area contributed by atoms with Crippen LogP contribution >= 0.6 is 0 Å². The van der Waals surface area contributed by atoms with Crippen LogP contribution in [-0.4, -0.2) is 14.4 Å². The van der Waals surface area contributed by atoms with Crippen LogP contribution in [0.1, 0.15) is 40.5 Å². The maximum absolute atomic E-state index is 8.93. The van der Waals surface area contributed by atoms with Crippen molar-refractivity contribution < 1.29 is 4.43 Å². The number of rotatable bonds is 4. The largest absolute Gasteiger partial charge is 0.401 e. The topological polar surface area (TPSA) is 33.0 Å². The highest BCUT2D eigenvalue weighted by atomic mass is 28.4. The lowest BCUT2D eigenvalue weighted by Gasteiger charge is -2.37. The number of hydrogen-bond acceptors (Lipinski definition) is 2. The van der Waals surface area contributed by atoms with Crippen LogP contribution < -0.4 is 0 Å². The molecule has 0 aromatic rings. The summed E-state index contributed by atoms with van der Waals surface area (Å²) in [6.45, 7) is 13.0. The van der Waals surface area contributed by atoms with E-state index in [9.17, 15) is 0 Å². The summed E-state index contributed by atoms with van der Waals surface area (Å²) in [4.78, 5) is 0. The average molecular weight is 213 g/mol. The maximum Gasteiger partial charge on any atom is 0.193 e. The zero-order chi connectivity index (χ0) is 11.4. The van der Waals surface area contributed by atoms with Crippen LogP contribution in [0.15, 0.2) is 0 Å². The first-order chi connectivity index (χ1) is 6.24. The lowest BCUT2D eigenvalue weighted by atomic mass is 10.2. The van der Waals surface area contributed by atoms with Gasteiger partial charge in [-0.1, -0.05) is 34.1 Å². The highest BCUT2D eigenvalue weighted by molar-refractivity contribution is 6.74. The molecule has 0 saturated heterocycles. The van der Waals surface area contributed by atoms with Crippen molar-refractivity contribution >= 4 is 8.32 Å². The molecule has 1 unspecified atom stereocenters. The van der Waals surface area contributed by atoms with E-state index >= 15 is 0 Å². The second-order valence-electron chi connectivity index (χ2n) is 5.28. The van der Waals surface area contributed by atoms with Gasteiger partial charge in [0.2, 0.25) is 0 Å². The predicted molar refractivity (Wildman–Crippen MR) is 62.6 cm³/mol. The van der Waals surface area contributed by atoms with Gasteiger partial charge in [-0.2, -0.15) is 5.26 Å². The first-order valence-corrected chi connectivity index (χ1v) is 8.23. The van der Waals surface area contributed by atoms with E-state index in [2.05, 4.69) is 46.9 Å². The van der Waals surface area contributed by atoms with Crippen molar-refractivity contribution in [2.75, 3.05) is 0 Å². The molecule has 0 bridgehead atoms. The molecule has 0 spiro atoms. The molecule has 0 heterocycles. The highest BCUT2D eigenvalue weighted by Gasteiger charge is 2.38. The van der Waals surface area contributed by atoms with Crippen LogP contribution in [0, 0.1) is 11.3 Å². The summed E-state index contributed by atoms with van der Waals surface area (Å²) in [6, 6.07) is 2.24. The van der Waals surface area contributed by atoms with Gasteiger partial charge in [-0.3, -0.25) is 0 Å². The van der Waals surface area contributed by atoms with Gasteiger partial charge >= 0.3 is 0 Å². The van der Waals surface area contributed by atoms with Gasteiger partial charge in [0, 0.05) is 0 Å². The van der Waals surface area contributed by atoms with E-state index in [4.69, 9.17) is 9.69 Å². The zero-order valence-corrected chi connectivity index (χ0v) is 11.3. The van der Waals surface area contributed by atoms with E-state index in [1.54, 1.807) is 0 Å². The Labute approximate surface area is 89.4 Å². The van der Waals surface area contributed by atoms with Crippen molar-refractivity contribution in [2.24, 2.45) is 0 Å². The summed E-state index contributed by atoms with van der Waals surface area (Å²) in [5.74, 6) is 0.